The lowest BCUT2D eigenvalue weighted by Crippen LogP contribution is -3.06. The molecule has 1 aliphatic rings. The number of ether oxygens (including phenoxy) is 1. The maximum absolute atomic E-state index is 12.6. The van der Waals surface area contributed by atoms with Gasteiger partial charge in [-0.05, 0) is 23.6 Å². The summed E-state index contributed by atoms with van der Waals surface area (Å²) in [6.07, 6.45) is 2.97. The van der Waals surface area contributed by atoms with Gasteiger partial charge in [0.25, 0.3) is 5.91 Å². The van der Waals surface area contributed by atoms with Gasteiger partial charge in [-0.3, -0.25) is 14.5 Å². The van der Waals surface area contributed by atoms with Crippen LogP contribution in [0.25, 0.3) is 6.08 Å². The van der Waals surface area contributed by atoms with Gasteiger partial charge in [0.1, 0.15) is 17.5 Å². The number of hydrogen-bond acceptors (Lipinski definition) is 5. The van der Waals surface area contributed by atoms with Crippen molar-refractivity contribution in [2.75, 3.05) is 33.8 Å². The van der Waals surface area contributed by atoms with Crippen molar-refractivity contribution >= 4 is 46.3 Å². The summed E-state index contributed by atoms with van der Waals surface area (Å²) in [7, 11) is 3.99. The van der Waals surface area contributed by atoms with Gasteiger partial charge in [-0.2, -0.15) is 0 Å². The van der Waals surface area contributed by atoms with E-state index in [2.05, 4.69) is 19.1 Å². The average molecular weight is 394 g/mol. The maximum Gasteiger partial charge on any atom is 0.307 e. The highest BCUT2D eigenvalue weighted by Crippen LogP contribution is 2.32. The number of hydrogen-bond donors (Lipinski definition) is 1. The van der Waals surface area contributed by atoms with Crippen molar-refractivity contribution in [1.82, 2.24) is 4.90 Å². The highest BCUT2D eigenvalue weighted by Gasteiger charge is 2.32. The van der Waals surface area contributed by atoms with E-state index in [4.69, 9.17) is 17.0 Å². The minimum atomic E-state index is -0.306. The van der Waals surface area contributed by atoms with Crippen LogP contribution in [0.2, 0.25) is 0 Å². The lowest BCUT2D eigenvalue weighted by atomic mass is 10.1. The molecular formula is C19H25N2O3S2+. The number of carbonyl (C=O) groups is 2. The topological polar surface area (TPSA) is 51.1 Å². The number of aryl methyl sites for hydroxylation is 1. The Labute approximate surface area is 164 Å². The first-order valence-corrected chi connectivity index (χ1v) is 9.92. The molecule has 1 N–H and O–H groups in total. The molecule has 0 atom stereocenters. The smallest absolute Gasteiger partial charge is 0.307 e. The summed E-state index contributed by atoms with van der Waals surface area (Å²) >= 11 is 6.57. The number of carbonyl (C=O) groups excluding carboxylic acids is 2. The third kappa shape index (κ3) is 5.93. The fourth-order valence-corrected chi connectivity index (χ4v) is 3.65. The van der Waals surface area contributed by atoms with Crippen molar-refractivity contribution in [3.05, 3.63) is 40.3 Å². The highest BCUT2D eigenvalue weighted by molar-refractivity contribution is 8.26. The van der Waals surface area contributed by atoms with Gasteiger partial charge in [0, 0.05) is 6.54 Å². The van der Waals surface area contributed by atoms with E-state index >= 15 is 0 Å². The summed E-state index contributed by atoms with van der Waals surface area (Å²) in [6, 6.07) is 8.10. The predicted octanol–water partition coefficient (Wildman–Crippen LogP) is 1.53. The molecule has 1 aromatic rings. The van der Waals surface area contributed by atoms with Crippen LogP contribution in [0.4, 0.5) is 0 Å². The lowest BCUT2D eigenvalue weighted by Gasteiger charge is -2.14. The van der Waals surface area contributed by atoms with Crippen LogP contribution in [0.1, 0.15) is 24.5 Å². The number of esters is 1. The Bertz CT molecular complexity index is 699. The zero-order valence-corrected chi connectivity index (χ0v) is 17.0. The van der Waals surface area contributed by atoms with E-state index < -0.39 is 0 Å². The molecule has 140 valence electrons. The molecule has 0 bridgehead atoms. The number of thiocarbonyl (C=S) groups is 1. The first kappa shape index (κ1) is 20.6. The Morgan fingerprint density at radius 2 is 2.00 bits per heavy atom. The molecule has 0 saturated carbocycles. The first-order valence-electron chi connectivity index (χ1n) is 8.69. The number of amides is 1. The second-order valence-electron chi connectivity index (χ2n) is 6.36. The molecule has 1 saturated heterocycles. The van der Waals surface area contributed by atoms with E-state index in [0.717, 1.165) is 18.5 Å². The summed E-state index contributed by atoms with van der Waals surface area (Å²) < 4.78 is 5.65. The van der Waals surface area contributed by atoms with Gasteiger partial charge in [0.15, 0.2) is 0 Å². The molecule has 0 aliphatic carbocycles. The molecule has 2 rings (SSSR count). The molecule has 26 heavy (non-hydrogen) atoms. The van der Waals surface area contributed by atoms with Crippen LogP contribution in [-0.4, -0.2) is 54.9 Å². The van der Waals surface area contributed by atoms with Crippen molar-refractivity contribution in [3.8, 4) is 0 Å². The van der Waals surface area contributed by atoms with Gasteiger partial charge in [0.05, 0.1) is 25.4 Å². The maximum atomic E-state index is 12.6. The molecule has 0 radical (unpaired) electrons. The Morgan fingerprint density at radius 1 is 1.31 bits per heavy atom. The molecule has 1 aromatic carbocycles. The van der Waals surface area contributed by atoms with Gasteiger partial charge in [-0.25, -0.2) is 0 Å². The molecule has 7 heteroatoms. The minimum absolute atomic E-state index is 0.147. The minimum Gasteiger partial charge on any atom is -0.460 e. The summed E-state index contributed by atoms with van der Waals surface area (Å²) in [5.74, 6) is -0.454. The van der Waals surface area contributed by atoms with Gasteiger partial charge < -0.3 is 9.64 Å². The third-order valence-electron chi connectivity index (χ3n) is 3.96. The van der Waals surface area contributed by atoms with Gasteiger partial charge in [-0.1, -0.05) is 55.2 Å². The van der Waals surface area contributed by atoms with E-state index in [1.165, 1.54) is 27.1 Å². The molecule has 5 nitrogen and oxygen atoms in total. The molecule has 0 unspecified atom stereocenters. The van der Waals surface area contributed by atoms with Crippen LogP contribution in [0.15, 0.2) is 29.2 Å². The summed E-state index contributed by atoms with van der Waals surface area (Å²) in [6.45, 7) is 3.50. The van der Waals surface area contributed by atoms with Gasteiger partial charge in [0.2, 0.25) is 0 Å². The standard InChI is InChI=1S/C19H24N2O3S2/c1-4-14-5-7-15(8-6-14)13-16-18(23)21(19(25)26-16)10-9-17(22)24-12-11-20(2)3/h5-8,13H,4,9-12H2,1-3H3/p+1/b16-13-. The SMILES string of the molecule is CCc1ccc(/C=C2\SC(=S)N(CCC(=O)OCC[NH+](C)C)C2=O)cc1. The fourth-order valence-electron chi connectivity index (χ4n) is 2.34. The first-order chi connectivity index (χ1) is 12.4. The van der Waals surface area contributed by atoms with Crippen LogP contribution in [0.5, 0.6) is 0 Å². The van der Waals surface area contributed by atoms with Crippen molar-refractivity contribution in [2.45, 2.75) is 19.8 Å². The largest absolute Gasteiger partial charge is 0.460 e. The quantitative estimate of drug-likeness (QED) is 0.412. The van der Waals surface area contributed by atoms with E-state index in [1.54, 1.807) is 0 Å². The Morgan fingerprint density at radius 3 is 2.62 bits per heavy atom. The monoisotopic (exact) mass is 393 g/mol. The van der Waals surface area contributed by atoms with Crippen molar-refractivity contribution in [2.24, 2.45) is 0 Å². The Hall–Kier alpha value is -1.70. The summed E-state index contributed by atoms with van der Waals surface area (Å²) in [4.78, 5) is 27.6. The zero-order valence-electron chi connectivity index (χ0n) is 15.4. The van der Waals surface area contributed by atoms with E-state index in [-0.39, 0.29) is 24.8 Å². The second kappa shape index (κ2) is 9.85. The lowest BCUT2D eigenvalue weighted by molar-refractivity contribution is -0.858. The van der Waals surface area contributed by atoms with Crippen LogP contribution in [-0.2, 0) is 20.7 Å². The molecular weight excluding hydrogens is 368 g/mol. The molecule has 0 aromatic heterocycles. The Balaban J connectivity index is 1.91. The second-order valence-corrected chi connectivity index (χ2v) is 8.03. The highest BCUT2D eigenvalue weighted by atomic mass is 32.2. The Kier molecular flexibility index (Phi) is 7.81. The normalized spacial score (nSPS) is 16.0. The van der Waals surface area contributed by atoms with Crippen molar-refractivity contribution < 1.29 is 19.2 Å². The third-order valence-corrected chi connectivity index (χ3v) is 5.34. The van der Waals surface area contributed by atoms with Crippen molar-refractivity contribution in [1.29, 1.82) is 0 Å². The number of benzene rings is 1. The predicted molar refractivity (Wildman–Crippen MR) is 109 cm³/mol. The molecule has 1 aliphatic heterocycles. The van der Waals surface area contributed by atoms with E-state index in [0.29, 0.717) is 15.8 Å². The average Bonchev–Trinajstić information content (AvgIpc) is 2.87. The summed E-state index contributed by atoms with van der Waals surface area (Å²) in [5, 5.41) is 0. The number of thioether (sulfide) groups is 1. The number of rotatable bonds is 8. The number of likely N-dealkylation sites (N-methyl/N-ethyl adjacent to an activating group) is 1. The van der Waals surface area contributed by atoms with Gasteiger partial charge in [-0.15, -0.1) is 0 Å². The number of quaternary nitrogens is 1. The van der Waals surface area contributed by atoms with E-state index in [1.807, 2.05) is 32.3 Å². The molecule has 0 spiro atoms. The van der Waals surface area contributed by atoms with Gasteiger partial charge >= 0.3 is 5.97 Å². The van der Waals surface area contributed by atoms with Crippen LogP contribution in [0, 0.1) is 0 Å². The van der Waals surface area contributed by atoms with Crippen LogP contribution in [0.3, 0.4) is 0 Å². The number of nitrogens with zero attached hydrogens (tertiary/aromatic N) is 1. The fraction of sp³-hybridized carbons (Fsp3) is 0.421. The summed E-state index contributed by atoms with van der Waals surface area (Å²) in [5.41, 5.74) is 2.22. The van der Waals surface area contributed by atoms with Crippen LogP contribution < -0.4 is 4.90 Å². The number of nitrogens with one attached hydrogen (secondary N) is 1. The molecule has 1 heterocycles. The zero-order chi connectivity index (χ0) is 19.1. The van der Waals surface area contributed by atoms with E-state index in [9.17, 15) is 9.59 Å². The van der Waals surface area contributed by atoms with Crippen LogP contribution >= 0.6 is 24.0 Å². The molecule has 1 fully saturated rings. The molecule has 1 amide bonds. The van der Waals surface area contributed by atoms with Crippen molar-refractivity contribution in [3.63, 3.8) is 0 Å².